The average Bonchev–Trinajstić information content (AvgIpc) is 1.54. The van der Waals surface area contributed by atoms with Gasteiger partial charge in [-0.2, -0.15) is 0 Å². The van der Waals surface area contributed by atoms with Crippen LogP contribution in [0.2, 0.25) is 28.2 Å². The highest BCUT2D eigenvalue weighted by Gasteiger charge is 2.66. The van der Waals surface area contributed by atoms with Gasteiger partial charge in [-0.15, -0.1) is 13.2 Å². The van der Waals surface area contributed by atoms with Crippen LogP contribution in [-0.4, -0.2) is 203 Å². The molecule has 7 fully saturated rings. The smallest absolute Gasteiger partial charge is 0.412 e. The molecule has 0 radical (unpaired) electrons. The third-order valence-corrected chi connectivity index (χ3v) is 43.7. The summed E-state index contributed by atoms with van der Waals surface area (Å²) >= 11 is 0. The van der Waals surface area contributed by atoms with Crippen LogP contribution in [0, 0.1) is 11.8 Å². The first kappa shape index (κ1) is 93.3. The molecule has 1 amide bonds. The van der Waals surface area contributed by atoms with Crippen LogP contribution in [0.4, 0.5) is 4.79 Å². The number of amides is 1. The van der Waals surface area contributed by atoms with Crippen molar-refractivity contribution in [2.45, 2.75) is 328 Å². The molecule has 0 aliphatic carbocycles. The molecule has 0 bridgehead atoms. The second-order valence-electron chi connectivity index (χ2n) is 38.1. The van der Waals surface area contributed by atoms with Crippen molar-refractivity contribution in [2.24, 2.45) is 11.8 Å². The highest BCUT2D eigenvalue weighted by molar-refractivity contribution is 7.92. The van der Waals surface area contributed by atoms with E-state index in [-0.39, 0.29) is 54.9 Å². The molecule has 120 heavy (non-hydrogen) atoms. The van der Waals surface area contributed by atoms with E-state index < -0.39 is 165 Å². The first-order valence-corrected chi connectivity index (χ1v) is 52.2. The maximum absolute atomic E-state index is 16.6. The van der Waals surface area contributed by atoms with Gasteiger partial charge in [0.05, 0.1) is 109 Å². The fraction of sp³-hybridized carbons (Fsp3) is 0.582. The normalized spacial score (nSPS) is 29.6. The Morgan fingerprint density at radius 1 is 0.625 bits per heavy atom. The zero-order valence-corrected chi connectivity index (χ0v) is 78.2. The highest BCUT2D eigenvalue weighted by atomic mass is 32.2. The summed E-state index contributed by atoms with van der Waals surface area (Å²) in [5, 5.41) is 15.9. The number of hydrogen-bond donors (Lipinski definition) is 1. The number of methoxy groups -OCH3 is 1. The molecule has 7 saturated heterocycles. The Morgan fingerprint density at radius 3 is 1.70 bits per heavy atom. The van der Waals surface area contributed by atoms with E-state index in [1.54, 1.807) is 48.4 Å². The van der Waals surface area contributed by atoms with Crippen LogP contribution in [0.15, 0.2) is 218 Å². The summed E-state index contributed by atoms with van der Waals surface area (Å²) in [6.45, 7) is 50.3. The van der Waals surface area contributed by atoms with E-state index >= 15 is 8.42 Å². The third kappa shape index (κ3) is 20.3. The second-order valence-corrected chi connectivity index (χ2v) is 53.5. The minimum atomic E-state index is -4.54. The van der Waals surface area contributed by atoms with Gasteiger partial charge in [0.15, 0.2) is 18.2 Å². The monoisotopic (exact) mass is 1720 g/mol. The summed E-state index contributed by atoms with van der Waals surface area (Å²) in [6.07, 6.45) is -0.675. The molecule has 7 aliphatic rings. The molecule has 5 aromatic carbocycles. The van der Waals surface area contributed by atoms with Gasteiger partial charge in [-0.05, 0) is 145 Å². The van der Waals surface area contributed by atoms with Crippen LogP contribution >= 0.6 is 0 Å². The molecule has 12 rings (SSSR count). The molecular weight excluding hydrogens is 1580 g/mol. The van der Waals surface area contributed by atoms with Gasteiger partial charge in [-0.25, -0.2) is 13.2 Å². The summed E-state index contributed by atoms with van der Waals surface area (Å²) in [4.78, 5) is 15.7. The summed E-state index contributed by atoms with van der Waals surface area (Å²) in [7, 11) is -12.2. The average molecular weight is 1720 g/mol. The van der Waals surface area contributed by atoms with Crippen LogP contribution in [0.1, 0.15) is 168 Å². The van der Waals surface area contributed by atoms with Crippen LogP contribution in [0.25, 0.3) is 0 Å². The maximum Gasteiger partial charge on any atom is 0.412 e. The van der Waals surface area contributed by atoms with Gasteiger partial charge in [0, 0.05) is 45.1 Å². The summed E-state index contributed by atoms with van der Waals surface area (Å²) < 4.78 is 128. The number of carbonyl (C=O) groups is 1. The number of carbonyl (C=O) groups excluding carboxylic acids is 1. The molecule has 0 aromatic heterocycles. The van der Waals surface area contributed by atoms with Crippen molar-refractivity contribution in [2.75, 3.05) is 26.9 Å². The van der Waals surface area contributed by atoms with Crippen molar-refractivity contribution >= 4 is 61.6 Å². The van der Waals surface area contributed by atoms with Gasteiger partial charge in [0.1, 0.15) is 41.8 Å². The Kier molecular flexibility index (Phi) is 30.6. The van der Waals surface area contributed by atoms with Crippen LogP contribution in [0.3, 0.4) is 0 Å². The molecule has 3 unspecified atom stereocenters. The van der Waals surface area contributed by atoms with Crippen molar-refractivity contribution in [3.05, 3.63) is 213 Å². The lowest BCUT2D eigenvalue weighted by molar-refractivity contribution is -0.257. The Balaban J connectivity index is 0.945. The minimum absolute atomic E-state index is 0.0216. The van der Waals surface area contributed by atoms with Gasteiger partial charge in [-0.3, -0.25) is 4.90 Å². The second kappa shape index (κ2) is 39.4. The Morgan fingerprint density at radius 2 is 1.18 bits per heavy atom. The predicted molar refractivity (Wildman–Crippen MR) is 483 cm³/mol. The minimum Gasteiger partial charge on any atom is -0.444 e. The lowest BCUT2D eigenvalue weighted by atomic mass is 9.80. The Labute approximate surface area is 720 Å². The lowest BCUT2D eigenvalue weighted by Crippen LogP contribution is -2.73. The largest absolute Gasteiger partial charge is 0.444 e. The lowest BCUT2D eigenvalue weighted by Gasteiger charge is -2.53. The molecule has 656 valence electrons. The van der Waals surface area contributed by atoms with E-state index in [1.807, 2.05) is 65.0 Å². The van der Waals surface area contributed by atoms with Crippen LogP contribution in [0.5, 0.6) is 0 Å². The number of sulfone groups is 1. The van der Waals surface area contributed by atoms with Gasteiger partial charge < -0.3 is 65.8 Å². The molecule has 0 spiro atoms. The van der Waals surface area contributed by atoms with Crippen molar-refractivity contribution in [3.8, 4) is 0 Å². The summed E-state index contributed by atoms with van der Waals surface area (Å²) in [5.41, 5.74) is 0.0366. The fourth-order valence-corrected chi connectivity index (χ4v) is 34.9. The van der Waals surface area contributed by atoms with E-state index in [1.165, 1.54) is 0 Å². The third-order valence-electron chi connectivity index (χ3n) is 26.7. The van der Waals surface area contributed by atoms with E-state index in [4.69, 9.17) is 67.2 Å². The predicted octanol–water partition coefficient (Wildman–Crippen LogP) is 16.7. The first-order chi connectivity index (χ1) is 57.1. The molecule has 7 aliphatic heterocycles. The first-order valence-electron chi connectivity index (χ1n) is 44.3. The SMILES string of the molecule is C=CCOC/C=C/[C@H]1CC(=C)[C@H](CC[C@H]2C[C@@H](C)C(=C)[C@@H](C[C@@H]3O[C@H](CC4CN(C(=O)OC(C)(C)C)C(C)(C)O4)[C@H](OC)[C@H]3[C@@H](C(O)C[C@H]3CC[C@@H]4O[C@@H]5[C@@H](O[C@H](CC(C=C)O[Si](CC)(CC)CC)[C@@H]5O[Si](c5ccccc5)(c5ccccc5)C(C)(C)C)[C@@H](O[Si](c5ccccc5)(c5ccccc5)C(C)(C)C)[C@H]4O3)S(=O)(=O)c3ccccc3)O2)O1. The maximum atomic E-state index is 16.6. The standard InChI is InChI=1S/C98H139NO17SSi3/c1-21-57-105-58-41-42-70-60-67(7)80(106-70)55-53-71-59-66(6)68(8)82(107-71)64-83-86(87(104-20)84(109-83)63-73-65-99(98(18,19)112-73)94(101)113-95(9,10)11)93(117(102,103)74-43-31-26-32-44-74)79(100)61-72-54-56-81-88(108-72)92(116-120(97(15,16)17,77-49-37-29-38-50-77)78-51-39-30-40-52-78)91-90(110-81)89(85(111-91)62-69(22-2)114-118(23-3,24-4)25-5)115-119(96(12,13)14,75-45-33-27-34-46-75)76-47-35-28-36-48-76/h21-22,26-52,66,69-73,79-93,100H,1-2,7-8,23-25,53-65H2,3-6,9-20H3/b42-41+/t66-,69?,70+,71+,72-,73?,79?,80+,81+,82-,83+,84-,85-,86+,87+,88+,89+,90+,91-,92+,93-/m1/s1. The highest BCUT2D eigenvalue weighted by Crippen LogP contribution is 2.52. The number of aliphatic hydroxyl groups is 1. The molecule has 21 atom stereocenters. The fourth-order valence-electron chi connectivity index (χ4n) is 20.5. The molecular formula is C98H139NO17SSi3. The molecule has 22 heteroatoms. The Hall–Kier alpha value is -5.85. The van der Waals surface area contributed by atoms with Crippen molar-refractivity contribution in [1.29, 1.82) is 0 Å². The van der Waals surface area contributed by atoms with Gasteiger partial charge in [0.25, 0.3) is 16.6 Å². The van der Waals surface area contributed by atoms with Crippen molar-refractivity contribution in [1.82, 2.24) is 4.90 Å². The molecule has 0 saturated carbocycles. The van der Waals surface area contributed by atoms with E-state index in [2.05, 4.69) is 198 Å². The van der Waals surface area contributed by atoms with Crippen molar-refractivity contribution in [3.63, 3.8) is 0 Å². The molecule has 1 N–H and O–H groups in total. The van der Waals surface area contributed by atoms with Crippen LogP contribution in [-0.2, 0) is 70.5 Å². The number of benzene rings is 5. The zero-order chi connectivity index (χ0) is 86.3. The van der Waals surface area contributed by atoms with E-state index in [9.17, 15) is 9.90 Å². The topological polar surface area (TPSA) is 195 Å². The number of aliphatic hydroxyl groups excluding tert-OH is 1. The Bertz CT molecular complexity index is 4240. The number of ether oxygens (including phenoxy) is 10. The number of hydrogen-bond acceptors (Lipinski definition) is 17. The molecule has 7 heterocycles. The van der Waals surface area contributed by atoms with E-state index in [0.29, 0.717) is 51.7 Å². The summed E-state index contributed by atoms with van der Waals surface area (Å²) in [5.74, 6) is -1.01. The van der Waals surface area contributed by atoms with Gasteiger partial charge in [-0.1, -0.05) is 246 Å². The van der Waals surface area contributed by atoms with E-state index in [0.717, 1.165) is 56.4 Å². The van der Waals surface area contributed by atoms with Crippen molar-refractivity contribution < 1.29 is 79.0 Å². The van der Waals surface area contributed by atoms with Gasteiger partial charge in [0.2, 0.25) is 0 Å². The number of nitrogens with zero attached hydrogens (tertiary/aromatic N) is 1. The summed E-state index contributed by atoms with van der Waals surface area (Å²) in [6, 6.07) is 54.0. The molecule has 5 aromatic rings. The number of fused-ring (bicyclic) bond motifs is 2. The quantitative estimate of drug-likeness (QED) is 0.0228. The molecule has 18 nitrogen and oxygen atoms in total. The van der Waals surface area contributed by atoms with Crippen LogP contribution < -0.4 is 20.7 Å². The van der Waals surface area contributed by atoms with Gasteiger partial charge >= 0.3 is 6.09 Å². The number of rotatable bonds is 35. The zero-order valence-electron chi connectivity index (χ0n) is 74.3.